The van der Waals surface area contributed by atoms with E-state index in [1.807, 2.05) is 12.1 Å². The highest BCUT2D eigenvalue weighted by molar-refractivity contribution is 7.99. The minimum atomic E-state index is 0. The summed E-state index contributed by atoms with van der Waals surface area (Å²) in [4.78, 5) is 1.13. The third-order valence-electron chi connectivity index (χ3n) is 2.44. The zero-order valence-corrected chi connectivity index (χ0v) is 12.8. The fraction of sp³-hybridized carbons (Fsp3) is 0.538. The number of hydrogen-bond donors (Lipinski definition) is 1. The van der Waals surface area contributed by atoms with Crippen molar-refractivity contribution in [2.24, 2.45) is 5.73 Å². The van der Waals surface area contributed by atoms with Gasteiger partial charge in [0, 0.05) is 0 Å². The smallest absolute Gasteiger partial charge is 0.132 e. The maximum absolute atomic E-state index is 5.59. The van der Waals surface area contributed by atoms with E-state index in [1.165, 1.54) is 0 Å². The molecule has 0 fully saturated rings. The van der Waals surface area contributed by atoms with Crippen molar-refractivity contribution in [3.63, 3.8) is 0 Å². The molecule has 0 amide bonds. The first-order valence-corrected chi connectivity index (χ1v) is 6.83. The molecule has 104 valence electrons. The SMILES string of the molecule is CCCSc1cc(OC)c(CCN)cc1OC.Cl. The molecule has 1 rings (SSSR count). The van der Waals surface area contributed by atoms with Gasteiger partial charge in [-0.15, -0.1) is 24.2 Å². The lowest BCUT2D eigenvalue weighted by Crippen LogP contribution is -2.05. The predicted octanol–water partition coefficient (Wildman–Crippen LogP) is 3.13. The Kier molecular flexibility index (Phi) is 9.06. The van der Waals surface area contributed by atoms with Crippen molar-refractivity contribution in [1.29, 1.82) is 0 Å². The zero-order chi connectivity index (χ0) is 12.7. The fourth-order valence-corrected chi connectivity index (χ4v) is 2.51. The average molecular weight is 292 g/mol. The Balaban J connectivity index is 0.00000289. The van der Waals surface area contributed by atoms with Crippen molar-refractivity contribution in [1.82, 2.24) is 0 Å². The normalized spacial score (nSPS) is 9.78. The van der Waals surface area contributed by atoms with Crippen LogP contribution in [0.3, 0.4) is 0 Å². The summed E-state index contributed by atoms with van der Waals surface area (Å²) in [7, 11) is 3.39. The molecular weight excluding hydrogens is 270 g/mol. The highest BCUT2D eigenvalue weighted by atomic mass is 35.5. The molecule has 0 bridgehead atoms. The predicted molar refractivity (Wildman–Crippen MR) is 80.6 cm³/mol. The second kappa shape index (κ2) is 9.36. The van der Waals surface area contributed by atoms with Gasteiger partial charge in [0.1, 0.15) is 11.5 Å². The number of halogens is 1. The molecule has 1 aromatic carbocycles. The molecular formula is C13H22ClNO2S. The van der Waals surface area contributed by atoms with Crippen LogP contribution < -0.4 is 15.2 Å². The van der Waals surface area contributed by atoms with Crippen molar-refractivity contribution in [2.45, 2.75) is 24.7 Å². The lowest BCUT2D eigenvalue weighted by Gasteiger charge is -2.14. The second-order valence-corrected chi connectivity index (χ2v) is 4.84. The van der Waals surface area contributed by atoms with Gasteiger partial charge in [0.05, 0.1) is 19.1 Å². The minimum Gasteiger partial charge on any atom is -0.496 e. The van der Waals surface area contributed by atoms with Gasteiger partial charge in [-0.1, -0.05) is 6.92 Å². The van der Waals surface area contributed by atoms with Gasteiger partial charge in [-0.05, 0) is 42.8 Å². The van der Waals surface area contributed by atoms with Gasteiger partial charge >= 0.3 is 0 Å². The number of thioether (sulfide) groups is 1. The van der Waals surface area contributed by atoms with Crippen molar-refractivity contribution in [3.05, 3.63) is 17.7 Å². The minimum absolute atomic E-state index is 0. The van der Waals surface area contributed by atoms with Crippen LogP contribution in [-0.4, -0.2) is 26.5 Å². The molecule has 18 heavy (non-hydrogen) atoms. The van der Waals surface area contributed by atoms with Crippen LogP contribution in [-0.2, 0) is 6.42 Å². The van der Waals surface area contributed by atoms with Gasteiger partial charge in [0.15, 0.2) is 0 Å². The lowest BCUT2D eigenvalue weighted by molar-refractivity contribution is 0.390. The first kappa shape index (κ1) is 17.4. The first-order chi connectivity index (χ1) is 8.26. The van der Waals surface area contributed by atoms with E-state index in [0.29, 0.717) is 6.54 Å². The van der Waals surface area contributed by atoms with Crippen LogP contribution in [0.15, 0.2) is 17.0 Å². The molecule has 0 atom stereocenters. The Bertz CT molecular complexity index is 361. The third-order valence-corrected chi connectivity index (χ3v) is 3.68. The van der Waals surface area contributed by atoms with Crippen LogP contribution in [0.1, 0.15) is 18.9 Å². The summed E-state index contributed by atoms with van der Waals surface area (Å²) in [5.74, 6) is 2.89. The molecule has 0 spiro atoms. The van der Waals surface area contributed by atoms with Gasteiger partial charge in [-0.3, -0.25) is 0 Å². The number of methoxy groups -OCH3 is 2. The van der Waals surface area contributed by atoms with Crippen LogP contribution in [0, 0.1) is 0 Å². The Morgan fingerprint density at radius 2 is 1.83 bits per heavy atom. The summed E-state index contributed by atoms with van der Waals surface area (Å²) in [6.07, 6.45) is 1.94. The summed E-state index contributed by atoms with van der Waals surface area (Å²) < 4.78 is 10.8. The quantitative estimate of drug-likeness (QED) is 0.784. The molecule has 0 saturated heterocycles. The Hall–Kier alpha value is -0.580. The van der Waals surface area contributed by atoms with Crippen LogP contribution >= 0.6 is 24.2 Å². The number of rotatable bonds is 7. The average Bonchev–Trinajstić information content (AvgIpc) is 2.36. The van der Waals surface area contributed by atoms with E-state index >= 15 is 0 Å². The van der Waals surface area contributed by atoms with E-state index in [4.69, 9.17) is 15.2 Å². The standard InChI is InChI=1S/C13H21NO2S.ClH/c1-4-7-17-13-9-11(15-2)10(5-6-14)8-12(13)16-3;/h8-9H,4-7,14H2,1-3H3;1H. The van der Waals surface area contributed by atoms with E-state index in [0.717, 1.165) is 40.6 Å². The van der Waals surface area contributed by atoms with Gasteiger partial charge < -0.3 is 15.2 Å². The maximum atomic E-state index is 5.59. The van der Waals surface area contributed by atoms with Crippen LogP contribution in [0.5, 0.6) is 11.5 Å². The van der Waals surface area contributed by atoms with Crippen LogP contribution in [0.4, 0.5) is 0 Å². The molecule has 0 aliphatic heterocycles. The maximum Gasteiger partial charge on any atom is 0.132 e. The molecule has 2 N–H and O–H groups in total. The summed E-state index contributed by atoms with van der Waals surface area (Å²) in [5.41, 5.74) is 6.70. The largest absolute Gasteiger partial charge is 0.496 e. The number of nitrogens with two attached hydrogens (primary N) is 1. The summed E-state index contributed by atoms with van der Waals surface area (Å²) in [5, 5.41) is 0. The van der Waals surface area contributed by atoms with Gasteiger partial charge in [-0.2, -0.15) is 0 Å². The second-order valence-electron chi connectivity index (χ2n) is 3.70. The monoisotopic (exact) mass is 291 g/mol. The van der Waals surface area contributed by atoms with E-state index in [1.54, 1.807) is 26.0 Å². The van der Waals surface area contributed by atoms with E-state index in [9.17, 15) is 0 Å². The summed E-state index contributed by atoms with van der Waals surface area (Å²) in [6, 6.07) is 4.08. The highest BCUT2D eigenvalue weighted by Gasteiger charge is 2.10. The van der Waals surface area contributed by atoms with Crippen molar-refractivity contribution >= 4 is 24.2 Å². The number of ether oxygens (including phenoxy) is 2. The van der Waals surface area contributed by atoms with Crippen molar-refractivity contribution < 1.29 is 9.47 Å². The zero-order valence-electron chi connectivity index (χ0n) is 11.2. The highest BCUT2D eigenvalue weighted by Crippen LogP contribution is 2.36. The lowest BCUT2D eigenvalue weighted by atomic mass is 10.1. The molecule has 0 aliphatic rings. The van der Waals surface area contributed by atoms with Gasteiger partial charge in [0.25, 0.3) is 0 Å². The third kappa shape index (κ3) is 4.59. The van der Waals surface area contributed by atoms with E-state index < -0.39 is 0 Å². The van der Waals surface area contributed by atoms with Gasteiger partial charge in [-0.25, -0.2) is 0 Å². The fourth-order valence-electron chi connectivity index (χ4n) is 1.61. The van der Waals surface area contributed by atoms with Gasteiger partial charge in [0.2, 0.25) is 0 Å². The van der Waals surface area contributed by atoms with Crippen molar-refractivity contribution in [2.75, 3.05) is 26.5 Å². The molecule has 0 heterocycles. The van der Waals surface area contributed by atoms with Crippen LogP contribution in [0.25, 0.3) is 0 Å². The van der Waals surface area contributed by atoms with Crippen molar-refractivity contribution in [3.8, 4) is 11.5 Å². The first-order valence-electron chi connectivity index (χ1n) is 5.84. The summed E-state index contributed by atoms with van der Waals surface area (Å²) >= 11 is 1.79. The molecule has 0 aromatic heterocycles. The van der Waals surface area contributed by atoms with Crippen LogP contribution in [0.2, 0.25) is 0 Å². The number of benzene rings is 1. The van der Waals surface area contributed by atoms with E-state index in [2.05, 4.69) is 6.92 Å². The molecule has 0 unspecified atom stereocenters. The Labute approximate surface area is 120 Å². The van der Waals surface area contributed by atoms with E-state index in [-0.39, 0.29) is 12.4 Å². The molecule has 5 heteroatoms. The molecule has 0 saturated carbocycles. The summed E-state index contributed by atoms with van der Waals surface area (Å²) in [6.45, 7) is 2.78. The molecule has 1 aromatic rings. The Morgan fingerprint density at radius 3 is 2.33 bits per heavy atom. The Morgan fingerprint density at radius 1 is 1.17 bits per heavy atom. The molecule has 0 radical (unpaired) electrons. The number of hydrogen-bond acceptors (Lipinski definition) is 4. The molecule has 3 nitrogen and oxygen atoms in total. The molecule has 0 aliphatic carbocycles. The topological polar surface area (TPSA) is 44.5 Å².